The fourth-order valence-electron chi connectivity index (χ4n) is 1.46. The first-order chi connectivity index (χ1) is 7.08. The zero-order chi connectivity index (χ0) is 11.3. The SMILES string of the molecule is CC1CCC(CNC(=O)NCC(=O)O)O1. The number of carboxylic acids is 1. The van der Waals surface area contributed by atoms with Gasteiger partial charge in [0.05, 0.1) is 12.2 Å². The van der Waals surface area contributed by atoms with Crippen LogP contribution in [0.5, 0.6) is 0 Å². The van der Waals surface area contributed by atoms with Gasteiger partial charge < -0.3 is 20.5 Å². The molecular weight excluding hydrogens is 200 g/mol. The number of nitrogens with one attached hydrogen (secondary N) is 2. The molecule has 1 aliphatic rings. The zero-order valence-electron chi connectivity index (χ0n) is 8.66. The molecule has 1 saturated heterocycles. The highest BCUT2D eigenvalue weighted by Crippen LogP contribution is 2.17. The third-order valence-corrected chi connectivity index (χ3v) is 2.21. The lowest BCUT2D eigenvalue weighted by atomic mass is 10.2. The number of ether oxygens (including phenoxy) is 1. The van der Waals surface area contributed by atoms with Crippen LogP contribution >= 0.6 is 0 Å². The smallest absolute Gasteiger partial charge is 0.323 e. The maximum Gasteiger partial charge on any atom is 0.323 e. The number of hydrogen-bond acceptors (Lipinski definition) is 3. The molecule has 2 atom stereocenters. The van der Waals surface area contributed by atoms with Crippen molar-refractivity contribution in [3.05, 3.63) is 0 Å². The van der Waals surface area contributed by atoms with E-state index < -0.39 is 12.0 Å². The summed E-state index contributed by atoms with van der Waals surface area (Å²) in [7, 11) is 0. The fourth-order valence-corrected chi connectivity index (χ4v) is 1.46. The fraction of sp³-hybridized carbons (Fsp3) is 0.778. The van der Waals surface area contributed by atoms with E-state index in [1.54, 1.807) is 0 Å². The number of rotatable bonds is 4. The molecule has 1 heterocycles. The molecule has 86 valence electrons. The molecule has 0 spiro atoms. The van der Waals surface area contributed by atoms with Crippen LogP contribution in [0.25, 0.3) is 0 Å². The normalized spacial score (nSPS) is 24.9. The molecule has 0 aromatic heterocycles. The number of carbonyl (C=O) groups excluding carboxylic acids is 1. The van der Waals surface area contributed by atoms with Gasteiger partial charge in [0, 0.05) is 6.54 Å². The highest BCUT2D eigenvalue weighted by Gasteiger charge is 2.21. The molecule has 1 aliphatic heterocycles. The highest BCUT2D eigenvalue weighted by atomic mass is 16.5. The molecule has 0 aromatic rings. The van der Waals surface area contributed by atoms with Crippen LogP contribution in [0.15, 0.2) is 0 Å². The van der Waals surface area contributed by atoms with Crippen LogP contribution in [0.3, 0.4) is 0 Å². The van der Waals surface area contributed by atoms with Gasteiger partial charge in [-0.1, -0.05) is 0 Å². The molecule has 2 unspecified atom stereocenters. The minimum Gasteiger partial charge on any atom is -0.480 e. The first-order valence-corrected chi connectivity index (χ1v) is 4.97. The molecule has 1 fully saturated rings. The van der Waals surface area contributed by atoms with E-state index >= 15 is 0 Å². The molecule has 0 radical (unpaired) electrons. The Morgan fingerprint density at radius 3 is 2.67 bits per heavy atom. The van der Waals surface area contributed by atoms with Crippen LogP contribution in [0.1, 0.15) is 19.8 Å². The number of carbonyl (C=O) groups is 2. The molecular formula is C9H16N2O4. The topological polar surface area (TPSA) is 87.7 Å². The van der Waals surface area contributed by atoms with E-state index in [0.29, 0.717) is 6.54 Å². The molecule has 2 amide bonds. The van der Waals surface area contributed by atoms with Crippen molar-refractivity contribution >= 4 is 12.0 Å². The second-order valence-corrected chi connectivity index (χ2v) is 3.60. The Balaban J connectivity index is 2.09. The average Bonchev–Trinajstić information content (AvgIpc) is 2.58. The van der Waals surface area contributed by atoms with Crippen molar-refractivity contribution in [2.75, 3.05) is 13.1 Å². The Kier molecular flexibility index (Phi) is 4.36. The van der Waals surface area contributed by atoms with Gasteiger partial charge in [-0.3, -0.25) is 4.79 Å². The molecule has 0 aliphatic carbocycles. The molecule has 1 rings (SSSR count). The van der Waals surface area contributed by atoms with Gasteiger partial charge in [-0.15, -0.1) is 0 Å². The Morgan fingerprint density at radius 1 is 1.40 bits per heavy atom. The summed E-state index contributed by atoms with van der Waals surface area (Å²) in [5, 5.41) is 13.1. The number of aliphatic carboxylic acids is 1. The number of carboxylic acid groups (broad SMARTS) is 1. The van der Waals surface area contributed by atoms with Crippen LogP contribution in [0, 0.1) is 0 Å². The Labute approximate surface area is 88.0 Å². The van der Waals surface area contributed by atoms with Crippen molar-refractivity contribution in [3.8, 4) is 0 Å². The summed E-state index contributed by atoms with van der Waals surface area (Å²) in [5.41, 5.74) is 0. The molecule has 15 heavy (non-hydrogen) atoms. The monoisotopic (exact) mass is 216 g/mol. The molecule has 6 nitrogen and oxygen atoms in total. The maximum atomic E-state index is 11.0. The minimum atomic E-state index is -1.06. The quantitative estimate of drug-likeness (QED) is 0.614. The van der Waals surface area contributed by atoms with Crippen LogP contribution in [-0.4, -0.2) is 42.4 Å². The third kappa shape index (κ3) is 4.64. The molecule has 3 N–H and O–H groups in total. The lowest BCUT2D eigenvalue weighted by molar-refractivity contribution is -0.135. The van der Waals surface area contributed by atoms with E-state index in [2.05, 4.69) is 10.6 Å². The van der Waals surface area contributed by atoms with Crippen molar-refractivity contribution in [1.29, 1.82) is 0 Å². The van der Waals surface area contributed by atoms with Crippen molar-refractivity contribution in [2.24, 2.45) is 0 Å². The minimum absolute atomic E-state index is 0.0515. The van der Waals surface area contributed by atoms with Gasteiger partial charge in [-0.2, -0.15) is 0 Å². The Hall–Kier alpha value is -1.30. The number of hydrogen-bond donors (Lipinski definition) is 3. The van der Waals surface area contributed by atoms with Crippen molar-refractivity contribution < 1.29 is 19.4 Å². The van der Waals surface area contributed by atoms with Crippen LogP contribution < -0.4 is 10.6 Å². The highest BCUT2D eigenvalue weighted by molar-refractivity contribution is 5.79. The zero-order valence-corrected chi connectivity index (χ0v) is 8.66. The molecule has 0 saturated carbocycles. The summed E-state index contributed by atoms with van der Waals surface area (Å²) in [6.07, 6.45) is 2.23. The van der Waals surface area contributed by atoms with Crippen LogP contribution in [-0.2, 0) is 9.53 Å². The number of urea groups is 1. The lowest BCUT2D eigenvalue weighted by Gasteiger charge is -2.12. The van der Waals surface area contributed by atoms with Crippen LogP contribution in [0.4, 0.5) is 4.79 Å². The standard InChI is InChI=1S/C9H16N2O4/c1-6-2-3-7(15-6)4-10-9(14)11-5-8(12)13/h6-7H,2-5H2,1H3,(H,12,13)(H2,10,11,14). The summed E-state index contributed by atoms with van der Waals surface area (Å²) < 4.78 is 5.48. The summed E-state index contributed by atoms with van der Waals surface area (Å²) in [4.78, 5) is 21.2. The van der Waals surface area contributed by atoms with E-state index in [-0.39, 0.29) is 18.8 Å². The van der Waals surface area contributed by atoms with Crippen molar-refractivity contribution in [2.45, 2.75) is 32.0 Å². The summed E-state index contributed by atoms with van der Waals surface area (Å²) in [6, 6.07) is -0.472. The number of amides is 2. The summed E-state index contributed by atoms with van der Waals surface area (Å²) in [6.45, 7) is 2.05. The average molecular weight is 216 g/mol. The predicted molar refractivity (Wildman–Crippen MR) is 52.6 cm³/mol. The van der Waals surface area contributed by atoms with Gasteiger partial charge in [0.1, 0.15) is 6.54 Å². The van der Waals surface area contributed by atoms with E-state index in [1.807, 2.05) is 6.92 Å². The summed E-state index contributed by atoms with van der Waals surface area (Å²) >= 11 is 0. The first-order valence-electron chi connectivity index (χ1n) is 4.97. The van der Waals surface area contributed by atoms with Gasteiger partial charge in [-0.05, 0) is 19.8 Å². The van der Waals surface area contributed by atoms with Crippen molar-refractivity contribution in [1.82, 2.24) is 10.6 Å². The molecule has 6 heteroatoms. The van der Waals surface area contributed by atoms with E-state index in [9.17, 15) is 9.59 Å². The molecule has 0 aromatic carbocycles. The second kappa shape index (κ2) is 5.55. The van der Waals surface area contributed by atoms with Gasteiger partial charge in [-0.25, -0.2) is 4.79 Å². The van der Waals surface area contributed by atoms with Gasteiger partial charge in [0.25, 0.3) is 0 Å². The Morgan fingerprint density at radius 2 is 2.13 bits per heavy atom. The van der Waals surface area contributed by atoms with Gasteiger partial charge >= 0.3 is 12.0 Å². The first kappa shape index (κ1) is 11.8. The van der Waals surface area contributed by atoms with E-state index in [0.717, 1.165) is 12.8 Å². The van der Waals surface area contributed by atoms with E-state index in [4.69, 9.17) is 9.84 Å². The predicted octanol–water partition coefficient (Wildman–Crippen LogP) is -0.0623. The van der Waals surface area contributed by atoms with Crippen molar-refractivity contribution in [3.63, 3.8) is 0 Å². The van der Waals surface area contributed by atoms with Crippen LogP contribution in [0.2, 0.25) is 0 Å². The maximum absolute atomic E-state index is 11.0. The van der Waals surface area contributed by atoms with E-state index in [1.165, 1.54) is 0 Å². The molecule has 0 bridgehead atoms. The van der Waals surface area contributed by atoms with Gasteiger partial charge in [0.15, 0.2) is 0 Å². The van der Waals surface area contributed by atoms with Gasteiger partial charge in [0.2, 0.25) is 0 Å². The lowest BCUT2D eigenvalue weighted by Crippen LogP contribution is -2.41. The third-order valence-electron chi connectivity index (χ3n) is 2.21. The Bertz CT molecular complexity index is 244. The largest absolute Gasteiger partial charge is 0.480 e. The second-order valence-electron chi connectivity index (χ2n) is 3.60. The summed E-state index contributed by atoms with van der Waals surface area (Å²) in [5.74, 6) is -1.06.